The van der Waals surface area contributed by atoms with Crippen molar-refractivity contribution in [3.05, 3.63) is 83.1 Å². The fourth-order valence-electron chi connectivity index (χ4n) is 3.47. The molecule has 0 radical (unpaired) electrons. The molecule has 2 aromatic carbocycles. The van der Waals surface area contributed by atoms with Gasteiger partial charge in [-0.05, 0) is 41.5 Å². The lowest BCUT2D eigenvalue weighted by molar-refractivity contribution is -0.137. The normalized spacial score (nSPS) is 11.6. The molecular formula is C24H21F3N4O2S. The van der Waals surface area contributed by atoms with Gasteiger partial charge in [-0.2, -0.15) is 13.2 Å². The minimum atomic E-state index is -4.45. The van der Waals surface area contributed by atoms with Crippen molar-refractivity contribution in [2.45, 2.75) is 23.6 Å². The van der Waals surface area contributed by atoms with Crippen LogP contribution in [0.4, 0.5) is 13.2 Å². The molecular weight excluding hydrogens is 465 g/mol. The van der Waals surface area contributed by atoms with Crippen LogP contribution < -0.4 is 15.0 Å². The van der Waals surface area contributed by atoms with Gasteiger partial charge in [-0.3, -0.25) is 10.4 Å². The number of ether oxygens (including phenoxy) is 2. The lowest BCUT2D eigenvalue weighted by Crippen LogP contribution is -2.24. The van der Waals surface area contributed by atoms with Crippen molar-refractivity contribution in [2.24, 2.45) is 0 Å². The summed E-state index contributed by atoms with van der Waals surface area (Å²) >= 11 is 1.39. The minimum absolute atomic E-state index is 0.0543. The smallest absolute Gasteiger partial charge is 0.416 e. The molecule has 2 aromatic heterocycles. The van der Waals surface area contributed by atoms with E-state index in [0.717, 1.165) is 17.7 Å². The molecule has 0 aliphatic carbocycles. The monoisotopic (exact) mass is 486 g/mol. The third kappa shape index (κ3) is 5.01. The van der Waals surface area contributed by atoms with Gasteiger partial charge in [0.05, 0.1) is 31.8 Å². The molecule has 1 N–H and O–H groups in total. The molecule has 0 atom stereocenters. The van der Waals surface area contributed by atoms with E-state index >= 15 is 0 Å². The Labute approximate surface area is 197 Å². The van der Waals surface area contributed by atoms with Crippen LogP contribution in [0.5, 0.6) is 11.5 Å². The van der Waals surface area contributed by atoms with Crippen molar-refractivity contribution >= 4 is 22.7 Å². The molecule has 176 valence electrons. The highest BCUT2D eigenvalue weighted by molar-refractivity contribution is 7.98. The summed E-state index contributed by atoms with van der Waals surface area (Å²) < 4.78 is 52.1. The van der Waals surface area contributed by atoms with E-state index in [4.69, 9.17) is 19.9 Å². The van der Waals surface area contributed by atoms with E-state index in [-0.39, 0.29) is 12.0 Å². The van der Waals surface area contributed by atoms with E-state index < -0.39 is 11.7 Å². The number of rotatable bonds is 7. The van der Waals surface area contributed by atoms with Gasteiger partial charge < -0.3 is 14.0 Å². The van der Waals surface area contributed by atoms with Crippen LogP contribution in [0.1, 0.15) is 16.7 Å². The molecule has 34 heavy (non-hydrogen) atoms. The molecule has 4 aromatic rings. The first kappa shape index (κ1) is 23.6. The third-order valence-corrected chi connectivity index (χ3v) is 6.23. The van der Waals surface area contributed by atoms with Crippen molar-refractivity contribution < 1.29 is 22.6 Å². The zero-order valence-corrected chi connectivity index (χ0v) is 19.2. The molecule has 0 unspecified atom stereocenters. The standard InChI is InChI=1S/C24H21F3N4O2S/c1-32-20-11-18-19(12-21(20)33-2)30-23(34-14-15-6-8-29-9-7-15)31(22(18)28)13-16-4-3-5-17(10-16)24(25,26)27/h3-12,28H,13-14H2,1-2H3. The van der Waals surface area contributed by atoms with Crippen molar-refractivity contribution in [3.8, 4) is 11.5 Å². The van der Waals surface area contributed by atoms with Gasteiger partial charge in [0.2, 0.25) is 0 Å². The van der Waals surface area contributed by atoms with Gasteiger partial charge in [0.25, 0.3) is 0 Å². The predicted molar refractivity (Wildman–Crippen MR) is 123 cm³/mol. The Morgan fingerprint density at radius 2 is 1.68 bits per heavy atom. The second-order valence-corrected chi connectivity index (χ2v) is 8.34. The number of nitrogens with one attached hydrogen (secondary N) is 1. The number of benzene rings is 2. The molecule has 0 saturated heterocycles. The van der Waals surface area contributed by atoms with Crippen LogP contribution in [0.15, 0.2) is 66.1 Å². The number of pyridine rings is 1. The van der Waals surface area contributed by atoms with Crippen LogP contribution in [0.25, 0.3) is 10.9 Å². The van der Waals surface area contributed by atoms with Gasteiger partial charge >= 0.3 is 6.18 Å². The number of fused-ring (bicyclic) bond motifs is 1. The van der Waals surface area contributed by atoms with Crippen molar-refractivity contribution in [2.75, 3.05) is 14.2 Å². The second-order valence-electron chi connectivity index (χ2n) is 7.40. The number of halogens is 3. The largest absolute Gasteiger partial charge is 0.493 e. The van der Waals surface area contributed by atoms with Crippen LogP contribution in [0.3, 0.4) is 0 Å². The quantitative estimate of drug-likeness (QED) is 0.284. The van der Waals surface area contributed by atoms with E-state index in [1.54, 1.807) is 35.2 Å². The Hall–Kier alpha value is -3.53. The molecule has 0 aliphatic rings. The van der Waals surface area contributed by atoms with Crippen molar-refractivity contribution in [3.63, 3.8) is 0 Å². The van der Waals surface area contributed by atoms with Gasteiger partial charge in [-0.1, -0.05) is 23.9 Å². The molecule has 0 saturated carbocycles. The van der Waals surface area contributed by atoms with Gasteiger partial charge in [0, 0.05) is 29.6 Å². The highest BCUT2D eigenvalue weighted by Crippen LogP contribution is 2.32. The average Bonchev–Trinajstić information content (AvgIpc) is 2.84. The number of nitrogens with zero attached hydrogens (tertiary/aromatic N) is 3. The number of methoxy groups -OCH3 is 2. The number of aromatic nitrogens is 3. The zero-order chi connectivity index (χ0) is 24.3. The zero-order valence-electron chi connectivity index (χ0n) is 18.4. The Morgan fingerprint density at radius 3 is 2.35 bits per heavy atom. The molecule has 0 aliphatic heterocycles. The van der Waals surface area contributed by atoms with Gasteiger partial charge in [0.15, 0.2) is 16.7 Å². The average molecular weight is 487 g/mol. The Kier molecular flexibility index (Phi) is 6.78. The van der Waals surface area contributed by atoms with E-state index in [1.165, 1.54) is 32.0 Å². The highest BCUT2D eigenvalue weighted by Gasteiger charge is 2.30. The lowest BCUT2D eigenvalue weighted by atomic mass is 10.1. The van der Waals surface area contributed by atoms with Crippen LogP contribution in [-0.4, -0.2) is 28.8 Å². The number of hydrogen-bond acceptors (Lipinski definition) is 6. The van der Waals surface area contributed by atoms with E-state index in [2.05, 4.69) is 4.98 Å². The summed E-state index contributed by atoms with van der Waals surface area (Å²) in [4.78, 5) is 8.75. The summed E-state index contributed by atoms with van der Waals surface area (Å²) in [7, 11) is 3.01. The van der Waals surface area contributed by atoms with E-state index in [0.29, 0.717) is 38.9 Å². The second kappa shape index (κ2) is 9.76. The molecule has 0 amide bonds. The van der Waals surface area contributed by atoms with E-state index in [9.17, 15) is 13.2 Å². The fraction of sp³-hybridized carbons (Fsp3) is 0.208. The Balaban J connectivity index is 1.83. The van der Waals surface area contributed by atoms with Gasteiger partial charge in [-0.15, -0.1) is 0 Å². The molecule has 0 fully saturated rings. The Bertz CT molecular complexity index is 1370. The summed E-state index contributed by atoms with van der Waals surface area (Å²) in [6.07, 6.45) is -1.07. The summed E-state index contributed by atoms with van der Waals surface area (Å²) in [5, 5.41) is 9.87. The summed E-state index contributed by atoms with van der Waals surface area (Å²) in [6, 6.07) is 12.2. The van der Waals surface area contributed by atoms with Crippen LogP contribution in [-0.2, 0) is 18.5 Å². The molecule has 0 bridgehead atoms. The topological polar surface area (TPSA) is 73.0 Å². The first-order valence-electron chi connectivity index (χ1n) is 10.2. The molecule has 2 heterocycles. The van der Waals surface area contributed by atoms with Crippen LogP contribution >= 0.6 is 11.8 Å². The summed E-state index contributed by atoms with van der Waals surface area (Å²) in [5.74, 6) is 1.46. The minimum Gasteiger partial charge on any atom is -0.493 e. The maximum absolute atomic E-state index is 13.2. The Morgan fingerprint density at radius 1 is 0.971 bits per heavy atom. The molecule has 10 heteroatoms. The fourth-order valence-corrected chi connectivity index (χ4v) is 4.43. The third-order valence-electron chi connectivity index (χ3n) is 5.19. The molecule has 4 rings (SSSR count). The molecule has 6 nitrogen and oxygen atoms in total. The summed E-state index contributed by atoms with van der Waals surface area (Å²) in [5.41, 5.74) is 1.33. The number of alkyl halides is 3. The van der Waals surface area contributed by atoms with Gasteiger partial charge in [-0.25, -0.2) is 4.98 Å². The van der Waals surface area contributed by atoms with Crippen LogP contribution in [0, 0.1) is 5.41 Å². The first-order chi connectivity index (χ1) is 16.3. The molecule has 0 spiro atoms. The SMILES string of the molecule is COc1cc2nc(SCc3ccncc3)n(Cc3cccc(C(F)(F)F)c3)c(=N)c2cc1OC. The highest BCUT2D eigenvalue weighted by atomic mass is 32.2. The number of hydrogen-bond donors (Lipinski definition) is 1. The predicted octanol–water partition coefficient (Wildman–Crippen LogP) is 5.29. The number of thioether (sulfide) groups is 1. The summed E-state index contributed by atoms with van der Waals surface area (Å²) in [6.45, 7) is 0.0543. The van der Waals surface area contributed by atoms with Gasteiger partial charge in [0.1, 0.15) is 5.49 Å². The van der Waals surface area contributed by atoms with Crippen molar-refractivity contribution in [1.82, 2.24) is 14.5 Å². The maximum Gasteiger partial charge on any atom is 0.416 e. The van der Waals surface area contributed by atoms with E-state index in [1.807, 2.05) is 12.1 Å². The van der Waals surface area contributed by atoms with Crippen molar-refractivity contribution in [1.29, 1.82) is 5.41 Å². The first-order valence-corrected chi connectivity index (χ1v) is 11.2. The maximum atomic E-state index is 13.2. The van der Waals surface area contributed by atoms with Crippen LogP contribution in [0.2, 0.25) is 0 Å². The lowest BCUT2D eigenvalue weighted by Gasteiger charge is -2.17.